The summed E-state index contributed by atoms with van der Waals surface area (Å²) in [6.07, 6.45) is 0. The van der Waals surface area contributed by atoms with Crippen molar-refractivity contribution in [3.63, 3.8) is 0 Å². The fraction of sp³-hybridized carbons (Fsp3) is 0.143. The van der Waals surface area contributed by atoms with Gasteiger partial charge in [-0.1, -0.05) is 11.6 Å². The molecule has 1 atom stereocenters. The highest BCUT2D eigenvalue weighted by atomic mass is 35.5. The molecular formula is C21H18ClNO5S. The standard InChI is InChI=1S/C21H18ClNO5S/c1-2-27-21(25)14-3-7-16(8-4-14)23-20(24)19-12-9-17(28-19)13-29(26)18-10-5-15(22)6-11-18/h3-12H,2,13H2,1H3,(H,23,24). The second kappa shape index (κ2) is 9.54. The lowest BCUT2D eigenvalue weighted by molar-refractivity contribution is 0.0526. The molecule has 1 heterocycles. The van der Waals surface area contributed by atoms with Crippen molar-refractivity contribution in [2.45, 2.75) is 17.6 Å². The van der Waals surface area contributed by atoms with Gasteiger partial charge >= 0.3 is 5.97 Å². The van der Waals surface area contributed by atoms with Crippen molar-refractivity contribution < 1.29 is 23.0 Å². The van der Waals surface area contributed by atoms with Crippen molar-refractivity contribution in [3.8, 4) is 0 Å². The van der Waals surface area contributed by atoms with Gasteiger partial charge in [0, 0.05) is 15.6 Å². The molecule has 0 saturated carbocycles. The third-order valence-corrected chi connectivity index (χ3v) is 5.49. The number of carbonyl (C=O) groups excluding carboxylic acids is 2. The number of hydrogen-bond donors (Lipinski definition) is 1. The Labute approximate surface area is 175 Å². The van der Waals surface area contributed by atoms with Gasteiger partial charge in [0.2, 0.25) is 0 Å². The monoisotopic (exact) mass is 431 g/mol. The highest BCUT2D eigenvalue weighted by Gasteiger charge is 2.14. The number of nitrogens with one attached hydrogen (secondary N) is 1. The summed E-state index contributed by atoms with van der Waals surface area (Å²) in [5.74, 6) is -0.195. The molecule has 3 rings (SSSR count). The average molecular weight is 432 g/mol. The molecule has 0 spiro atoms. The summed E-state index contributed by atoms with van der Waals surface area (Å²) in [5.41, 5.74) is 0.903. The fourth-order valence-corrected chi connectivity index (χ4v) is 3.62. The third-order valence-electron chi connectivity index (χ3n) is 3.89. The van der Waals surface area contributed by atoms with Crippen LogP contribution >= 0.6 is 11.6 Å². The van der Waals surface area contributed by atoms with Crippen LogP contribution in [0.15, 0.2) is 70.0 Å². The number of ether oxygens (including phenoxy) is 1. The Balaban J connectivity index is 1.61. The maximum atomic E-state index is 12.4. The molecule has 6 nitrogen and oxygen atoms in total. The average Bonchev–Trinajstić information content (AvgIpc) is 3.18. The van der Waals surface area contributed by atoms with E-state index in [2.05, 4.69) is 5.32 Å². The molecule has 1 aromatic heterocycles. The van der Waals surface area contributed by atoms with E-state index in [-0.39, 0.29) is 11.5 Å². The minimum absolute atomic E-state index is 0.0996. The normalized spacial score (nSPS) is 11.7. The Morgan fingerprint density at radius 3 is 2.38 bits per heavy atom. The highest BCUT2D eigenvalue weighted by Crippen LogP contribution is 2.18. The first-order valence-electron chi connectivity index (χ1n) is 8.77. The molecule has 0 aliphatic carbocycles. The van der Waals surface area contributed by atoms with Crippen LogP contribution in [0, 0.1) is 0 Å². The van der Waals surface area contributed by atoms with Gasteiger partial charge in [-0.2, -0.15) is 0 Å². The first kappa shape index (κ1) is 20.8. The SMILES string of the molecule is CCOC(=O)c1ccc(NC(=O)c2ccc(CS(=O)c3ccc(Cl)cc3)o2)cc1. The number of rotatable bonds is 7. The molecule has 0 saturated heterocycles. The lowest BCUT2D eigenvalue weighted by atomic mass is 10.2. The van der Waals surface area contributed by atoms with Crippen LogP contribution < -0.4 is 5.32 Å². The Hall–Kier alpha value is -2.90. The van der Waals surface area contributed by atoms with Gasteiger partial charge in [-0.05, 0) is 67.6 Å². The van der Waals surface area contributed by atoms with Gasteiger partial charge in [0.25, 0.3) is 5.91 Å². The molecule has 0 aliphatic rings. The minimum atomic E-state index is -1.32. The summed E-state index contributed by atoms with van der Waals surface area (Å²) in [4.78, 5) is 24.6. The van der Waals surface area contributed by atoms with E-state index in [1.165, 1.54) is 6.07 Å². The molecule has 0 bridgehead atoms. The summed E-state index contributed by atoms with van der Waals surface area (Å²) in [6.45, 7) is 2.02. The Kier molecular flexibility index (Phi) is 6.85. The Bertz CT molecular complexity index is 1030. The summed E-state index contributed by atoms with van der Waals surface area (Å²) in [5, 5.41) is 3.25. The fourth-order valence-electron chi connectivity index (χ4n) is 2.47. The van der Waals surface area contributed by atoms with Crippen molar-refractivity contribution >= 4 is 40.0 Å². The number of carbonyl (C=O) groups is 2. The number of hydrogen-bond acceptors (Lipinski definition) is 5. The van der Waals surface area contributed by atoms with E-state index in [1.807, 2.05) is 0 Å². The van der Waals surface area contributed by atoms with Crippen LogP contribution in [0.5, 0.6) is 0 Å². The van der Waals surface area contributed by atoms with Crippen LogP contribution in [0.4, 0.5) is 5.69 Å². The van der Waals surface area contributed by atoms with Gasteiger partial charge in [0.15, 0.2) is 5.76 Å². The van der Waals surface area contributed by atoms with E-state index >= 15 is 0 Å². The molecule has 1 unspecified atom stereocenters. The van der Waals surface area contributed by atoms with Gasteiger partial charge in [-0.15, -0.1) is 0 Å². The van der Waals surface area contributed by atoms with E-state index < -0.39 is 22.7 Å². The molecular weight excluding hydrogens is 414 g/mol. The second-order valence-electron chi connectivity index (χ2n) is 5.96. The van der Waals surface area contributed by atoms with Crippen LogP contribution in [0.1, 0.15) is 33.6 Å². The lowest BCUT2D eigenvalue weighted by Gasteiger charge is -2.05. The third kappa shape index (κ3) is 5.56. The summed E-state index contributed by atoms with van der Waals surface area (Å²) in [7, 11) is -1.32. The zero-order chi connectivity index (χ0) is 20.8. The molecule has 1 N–H and O–H groups in total. The molecule has 3 aromatic rings. The number of anilines is 1. The van der Waals surface area contributed by atoms with E-state index in [0.717, 1.165) is 0 Å². The van der Waals surface area contributed by atoms with Crippen LogP contribution in [0.3, 0.4) is 0 Å². The smallest absolute Gasteiger partial charge is 0.338 e. The van der Waals surface area contributed by atoms with Gasteiger partial charge in [-0.25, -0.2) is 4.79 Å². The van der Waals surface area contributed by atoms with Gasteiger partial charge in [0.05, 0.1) is 28.7 Å². The molecule has 0 fully saturated rings. The van der Waals surface area contributed by atoms with Gasteiger partial charge in [-0.3, -0.25) is 9.00 Å². The largest absolute Gasteiger partial charge is 0.462 e. The molecule has 2 aromatic carbocycles. The quantitative estimate of drug-likeness (QED) is 0.549. The van der Waals surface area contributed by atoms with Crippen LogP contribution in [-0.4, -0.2) is 22.7 Å². The molecule has 150 valence electrons. The Morgan fingerprint density at radius 2 is 1.72 bits per heavy atom. The highest BCUT2D eigenvalue weighted by molar-refractivity contribution is 7.84. The number of benzene rings is 2. The molecule has 29 heavy (non-hydrogen) atoms. The number of esters is 1. The van der Waals surface area contributed by atoms with Gasteiger partial charge in [0.1, 0.15) is 5.76 Å². The molecule has 8 heteroatoms. The van der Waals surface area contributed by atoms with E-state index in [0.29, 0.717) is 33.5 Å². The summed E-state index contributed by atoms with van der Waals surface area (Å²) < 4.78 is 22.8. The van der Waals surface area contributed by atoms with E-state index in [4.69, 9.17) is 20.8 Å². The first-order valence-corrected chi connectivity index (χ1v) is 10.5. The molecule has 0 aliphatic heterocycles. The Morgan fingerprint density at radius 1 is 1.03 bits per heavy atom. The topological polar surface area (TPSA) is 85.6 Å². The predicted octanol–water partition coefficient (Wildman–Crippen LogP) is 4.67. The number of furan rings is 1. The van der Waals surface area contributed by atoms with E-state index in [9.17, 15) is 13.8 Å². The van der Waals surface area contributed by atoms with Crippen molar-refractivity contribution in [1.29, 1.82) is 0 Å². The summed E-state index contributed by atoms with van der Waals surface area (Å²) >= 11 is 5.83. The van der Waals surface area contributed by atoms with Crippen LogP contribution in [0.25, 0.3) is 0 Å². The summed E-state index contributed by atoms with van der Waals surface area (Å²) in [6, 6.07) is 16.2. The number of amides is 1. The zero-order valence-electron chi connectivity index (χ0n) is 15.5. The number of halogens is 1. The van der Waals surface area contributed by atoms with Crippen molar-refractivity contribution in [2.75, 3.05) is 11.9 Å². The first-order chi connectivity index (χ1) is 14.0. The van der Waals surface area contributed by atoms with Crippen LogP contribution in [0.2, 0.25) is 5.02 Å². The predicted molar refractivity (Wildman–Crippen MR) is 111 cm³/mol. The molecule has 1 amide bonds. The maximum Gasteiger partial charge on any atom is 0.338 e. The second-order valence-corrected chi connectivity index (χ2v) is 7.85. The van der Waals surface area contributed by atoms with Gasteiger partial charge < -0.3 is 14.5 Å². The molecule has 0 radical (unpaired) electrons. The maximum absolute atomic E-state index is 12.4. The van der Waals surface area contributed by atoms with Crippen molar-refractivity contribution in [3.05, 3.63) is 82.8 Å². The lowest BCUT2D eigenvalue weighted by Crippen LogP contribution is -2.11. The minimum Gasteiger partial charge on any atom is -0.462 e. The van der Waals surface area contributed by atoms with Crippen molar-refractivity contribution in [1.82, 2.24) is 0 Å². The van der Waals surface area contributed by atoms with E-state index in [1.54, 1.807) is 61.5 Å². The van der Waals surface area contributed by atoms with Crippen molar-refractivity contribution in [2.24, 2.45) is 0 Å². The van der Waals surface area contributed by atoms with Crippen LogP contribution in [-0.2, 0) is 21.3 Å². The zero-order valence-corrected chi connectivity index (χ0v) is 17.1.